The Hall–Kier alpha value is -1.85. The molecule has 120 valence electrons. The number of carbonyl (C=O) groups excluding carboxylic acids is 1. The first-order valence-corrected chi connectivity index (χ1v) is 7.55. The van der Waals surface area contributed by atoms with E-state index in [0.29, 0.717) is 13.0 Å². The van der Waals surface area contributed by atoms with E-state index in [9.17, 15) is 9.90 Å². The molecule has 1 fully saturated rings. The van der Waals surface area contributed by atoms with Gasteiger partial charge in [-0.2, -0.15) is 0 Å². The predicted octanol–water partition coefficient (Wildman–Crippen LogP) is 1.41. The van der Waals surface area contributed by atoms with Gasteiger partial charge in [0.1, 0.15) is 5.75 Å². The highest BCUT2D eigenvalue weighted by Gasteiger charge is 2.34. The number of hydrogen-bond donors (Lipinski definition) is 2. The summed E-state index contributed by atoms with van der Waals surface area (Å²) >= 11 is 0. The zero-order chi connectivity index (χ0) is 16.0. The molecule has 1 amide bonds. The molecule has 1 aromatic rings. The number of likely N-dealkylation sites (tertiary alicyclic amines) is 1. The van der Waals surface area contributed by atoms with Crippen LogP contribution < -0.4 is 10.5 Å². The summed E-state index contributed by atoms with van der Waals surface area (Å²) in [6.07, 6.45) is 5.59. The number of carbonyl (C=O) groups is 1. The Labute approximate surface area is 131 Å². The van der Waals surface area contributed by atoms with E-state index >= 15 is 0 Å². The van der Waals surface area contributed by atoms with Gasteiger partial charge in [-0.05, 0) is 25.5 Å². The summed E-state index contributed by atoms with van der Waals surface area (Å²) in [6.45, 7) is 2.11. The first-order chi connectivity index (χ1) is 10.5. The Morgan fingerprint density at radius 2 is 2.27 bits per heavy atom. The number of benzene rings is 1. The molecule has 1 aliphatic rings. The molecule has 22 heavy (non-hydrogen) atoms. The molecule has 5 heteroatoms. The van der Waals surface area contributed by atoms with Gasteiger partial charge in [0.25, 0.3) is 0 Å². The summed E-state index contributed by atoms with van der Waals surface area (Å²) in [7, 11) is 1.65. The fourth-order valence-corrected chi connectivity index (χ4v) is 2.96. The molecule has 1 saturated heterocycles. The number of rotatable bonds is 6. The van der Waals surface area contributed by atoms with Crippen molar-refractivity contribution in [3.05, 3.63) is 35.9 Å². The number of β-amino-alcohol motifs (C(OH)–C–C–N with tert-alkyl or cyclic N) is 1. The number of nitrogens with zero attached hydrogens (tertiary/aromatic N) is 1. The third-order valence-corrected chi connectivity index (χ3v) is 3.94. The van der Waals surface area contributed by atoms with Crippen LogP contribution >= 0.6 is 0 Å². The molecule has 3 N–H and O–H groups in total. The maximum atomic E-state index is 11.1. The summed E-state index contributed by atoms with van der Waals surface area (Å²) in [4.78, 5) is 13.2. The van der Waals surface area contributed by atoms with Crippen molar-refractivity contribution in [2.24, 2.45) is 5.73 Å². The lowest BCUT2D eigenvalue weighted by atomic mass is 9.89. The molecule has 0 spiro atoms. The van der Waals surface area contributed by atoms with E-state index in [4.69, 9.17) is 10.5 Å². The number of para-hydroxylation sites is 1. The van der Waals surface area contributed by atoms with Crippen LogP contribution in [0.25, 0.3) is 6.08 Å². The minimum atomic E-state index is -0.984. The molecule has 0 saturated carbocycles. The fourth-order valence-electron chi connectivity index (χ4n) is 2.96. The van der Waals surface area contributed by atoms with Crippen LogP contribution in [0, 0.1) is 0 Å². The van der Waals surface area contributed by atoms with Crippen molar-refractivity contribution in [3.8, 4) is 5.75 Å². The zero-order valence-corrected chi connectivity index (χ0v) is 13.0. The Kier molecular flexibility index (Phi) is 5.57. The average Bonchev–Trinajstić information content (AvgIpc) is 2.46. The average molecular weight is 304 g/mol. The van der Waals surface area contributed by atoms with Crippen molar-refractivity contribution in [1.82, 2.24) is 4.90 Å². The highest BCUT2D eigenvalue weighted by Crippen LogP contribution is 2.24. The predicted molar refractivity (Wildman–Crippen MR) is 86.5 cm³/mol. The van der Waals surface area contributed by atoms with E-state index in [2.05, 4.69) is 4.90 Å². The van der Waals surface area contributed by atoms with Gasteiger partial charge in [0.15, 0.2) is 0 Å². The first kappa shape index (κ1) is 16.5. The minimum absolute atomic E-state index is 0.0275. The molecule has 5 nitrogen and oxygen atoms in total. The lowest BCUT2D eigenvalue weighted by Gasteiger charge is -2.38. The number of methoxy groups -OCH3 is 1. The first-order valence-electron chi connectivity index (χ1n) is 7.55. The summed E-state index contributed by atoms with van der Waals surface area (Å²) in [5.74, 6) is 0.386. The highest BCUT2D eigenvalue weighted by atomic mass is 16.5. The number of nitrogens with two attached hydrogens (primary N) is 1. The van der Waals surface area contributed by atoms with Crippen molar-refractivity contribution in [2.45, 2.75) is 24.9 Å². The SMILES string of the molecule is COc1ccccc1/C=C/CN1CCCC(O)(CC(N)=O)C1. The van der Waals surface area contributed by atoms with E-state index in [-0.39, 0.29) is 6.42 Å². The standard InChI is InChI=1S/C17H24N2O3/c1-22-15-8-3-2-6-14(15)7-4-10-19-11-5-9-17(21,13-19)12-16(18)20/h2-4,6-8,21H,5,9-13H2,1H3,(H2,18,20)/b7-4+. The quantitative estimate of drug-likeness (QED) is 0.833. The number of primary amides is 1. The molecule has 0 aliphatic carbocycles. The number of amides is 1. The fraction of sp³-hybridized carbons (Fsp3) is 0.471. The van der Waals surface area contributed by atoms with Crippen LogP contribution in [-0.2, 0) is 4.79 Å². The Balaban J connectivity index is 1.93. The van der Waals surface area contributed by atoms with Crippen LogP contribution in [0.15, 0.2) is 30.3 Å². The third-order valence-electron chi connectivity index (χ3n) is 3.94. The van der Waals surface area contributed by atoms with Crippen LogP contribution in [0.3, 0.4) is 0 Å². The molecular formula is C17H24N2O3. The minimum Gasteiger partial charge on any atom is -0.496 e. The van der Waals surface area contributed by atoms with Gasteiger partial charge in [0, 0.05) is 18.7 Å². The van der Waals surface area contributed by atoms with E-state index in [1.807, 2.05) is 36.4 Å². The van der Waals surface area contributed by atoms with Crippen molar-refractivity contribution >= 4 is 12.0 Å². The van der Waals surface area contributed by atoms with Crippen molar-refractivity contribution in [2.75, 3.05) is 26.7 Å². The van der Waals surface area contributed by atoms with Crippen LogP contribution in [-0.4, -0.2) is 48.3 Å². The van der Waals surface area contributed by atoms with Gasteiger partial charge >= 0.3 is 0 Å². The lowest BCUT2D eigenvalue weighted by Crippen LogP contribution is -2.49. The van der Waals surface area contributed by atoms with Gasteiger partial charge in [0.2, 0.25) is 5.91 Å². The maximum Gasteiger partial charge on any atom is 0.220 e. The van der Waals surface area contributed by atoms with Crippen molar-refractivity contribution in [1.29, 1.82) is 0 Å². The van der Waals surface area contributed by atoms with Crippen LogP contribution in [0.1, 0.15) is 24.8 Å². The Morgan fingerprint density at radius 3 is 3.00 bits per heavy atom. The summed E-state index contributed by atoms with van der Waals surface area (Å²) in [6, 6.07) is 7.82. The van der Waals surface area contributed by atoms with Gasteiger partial charge in [0.05, 0.1) is 19.1 Å². The topological polar surface area (TPSA) is 75.8 Å². The largest absolute Gasteiger partial charge is 0.496 e. The molecule has 1 aromatic carbocycles. The summed E-state index contributed by atoms with van der Waals surface area (Å²) in [5, 5.41) is 10.4. The second-order valence-electron chi connectivity index (χ2n) is 5.85. The maximum absolute atomic E-state index is 11.1. The van der Waals surface area contributed by atoms with E-state index in [0.717, 1.165) is 30.8 Å². The molecule has 1 atom stereocenters. The van der Waals surface area contributed by atoms with Gasteiger partial charge in [-0.15, -0.1) is 0 Å². The molecule has 1 heterocycles. The smallest absolute Gasteiger partial charge is 0.220 e. The molecule has 0 bridgehead atoms. The summed E-state index contributed by atoms with van der Waals surface area (Å²) in [5.41, 5.74) is 5.26. The van der Waals surface area contributed by atoms with E-state index in [1.54, 1.807) is 7.11 Å². The van der Waals surface area contributed by atoms with Crippen molar-refractivity contribution in [3.63, 3.8) is 0 Å². The van der Waals surface area contributed by atoms with Crippen LogP contribution in [0.5, 0.6) is 5.75 Å². The number of ether oxygens (including phenoxy) is 1. The van der Waals surface area contributed by atoms with E-state index in [1.165, 1.54) is 0 Å². The second kappa shape index (κ2) is 7.42. The Morgan fingerprint density at radius 1 is 1.50 bits per heavy atom. The molecular weight excluding hydrogens is 280 g/mol. The number of hydrogen-bond acceptors (Lipinski definition) is 4. The molecule has 0 aromatic heterocycles. The highest BCUT2D eigenvalue weighted by molar-refractivity contribution is 5.75. The monoisotopic (exact) mass is 304 g/mol. The Bertz CT molecular complexity index is 544. The van der Waals surface area contributed by atoms with Gasteiger partial charge < -0.3 is 15.6 Å². The normalized spacial score (nSPS) is 22.8. The van der Waals surface area contributed by atoms with Gasteiger partial charge in [-0.3, -0.25) is 9.69 Å². The second-order valence-corrected chi connectivity index (χ2v) is 5.85. The van der Waals surface area contributed by atoms with Crippen molar-refractivity contribution < 1.29 is 14.6 Å². The zero-order valence-electron chi connectivity index (χ0n) is 13.0. The number of piperidine rings is 1. The molecule has 2 rings (SSSR count). The van der Waals surface area contributed by atoms with Crippen LogP contribution in [0.2, 0.25) is 0 Å². The van der Waals surface area contributed by atoms with Crippen LogP contribution in [0.4, 0.5) is 0 Å². The number of aliphatic hydroxyl groups is 1. The summed E-state index contributed by atoms with van der Waals surface area (Å²) < 4.78 is 5.31. The van der Waals surface area contributed by atoms with E-state index < -0.39 is 11.5 Å². The molecule has 1 unspecified atom stereocenters. The molecule has 1 aliphatic heterocycles. The lowest BCUT2D eigenvalue weighted by molar-refractivity contribution is -0.125. The third kappa shape index (κ3) is 4.58. The van der Waals surface area contributed by atoms with Gasteiger partial charge in [-0.25, -0.2) is 0 Å². The molecule has 0 radical (unpaired) electrons. The van der Waals surface area contributed by atoms with Gasteiger partial charge in [-0.1, -0.05) is 30.4 Å².